The van der Waals surface area contributed by atoms with Gasteiger partial charge in [0, 0.05) is 25.2 Å². The molecule has 1 aromatic rings. The van der Waals surface area contributed by atoms with Crippen LogP contribution in [0.4, 0.5) is 5.69 Å². The van der Waals surface area contributed by atoms with E-state index in [1.807, 2.05) is 24.3 Å². The zero-order chi connectivity index (χ0) is 18.0. The second-order valence-corrected chi connectivity index (χ2v) is 6.85. The van der Waals surface area contributed by atoms with Crippen LogP contribution in [0.5, 0.6) is 0 Å². The van der Waals surface area contributed by atoms with E-state index in [1.54, 1.807) is 4.90 Å². The average molecular weight is 344 g/mol. The quantitative estimate of drug-likeness (QED) is 0.887. The van der Waals surface area contributed by atoms with Gasteiger partial charge in [-0.15, -0.1) is 0 Å². The van der Waals surface area contributed by atoms with Crippen molar-refractivity contribution >= 4 is 23.5 Å². The van der Waals surface area contributed by atoms with Crippen LogP contribution < -0.4 is 4.90 Å². The third kappa shape index (κ3) is 3.52. The summed E-state index contributed by atoms with van der Waals surface area (Å²) < 4.78 is 0. The molecule has 0 saturated carbocycles. The Morgan fingerprint density at radius 3 is 2.60 bits per heavy atom. The summed E-state index contributed by atoms with van der Waals surface area (Å²) in [5.74, 6) is -1.70. The van der Waals surface area contributed by atoms with E-state index in [-0.39, 0.29) is 18.2 Å². The molecule has 2 fully saturated rings. The summed E-state index contributed by atoms with van der Waals surface area (Å²) in [5, 5.41) is 9.26. The van der Waals surface area contributed by atoms with Crippen molar-refractivity contribution in [3.8, 4) is 0 Å². The minimum atomic E-state index is -0.960. The smallest absolute Gasteiger partial charge is 0.326 e. The van der Waals surface area contributed by atoms with Crippen molar-refractivity contribution < 1.29 is 19.5 Å². The summed E-state index contributed by atoms with van der Waals surface area (Å²) >= 11 is 0. The Labute approximate surface area is 147 Å². The van der Waals surface area contributed by atoms with Crippen LogP contribution >= 0.6 is 0 Å². The Balaban J connectivity index is 1.69. The SMILES string of the molecule is CCCc1ccc(N2CC(C(=O)N3CCCC3C(=O)O)CC2=O)cc1. The van der Waals surface area contributed by atoms with Crippen LogP contribution in [0, 0.1) is 5.92 Å². The molecule has 0 spiro atoms. The number of nitrogens with zero attached hydrogens (tertiary/aromatic N) is 2. The Morgan fingerprint density at radius 1 is 1.24 bits per heavy atom. The molecule has 2 aliphatic heterocycles. The number of hydrogen-bond donors (Lipinski definition) is 1. The highest BCUT2D eigenvalue weighted by atomic mass is 16.4. The molecule has 1 N–H and O–H groups in total. The predicted molar refractivity (Wildman–Crippen MR) is 93.3 cm³/mol. The van der Waals surface area contributed by atoms with E-state index in [4.69, 9.17) is 0 Å². The molecular weight excluding hydrogens is 320 g/mol. The van der Waals surface area contributed by atoms with E-state index in [0.717, 1.165) is 18.5 Å². The lowest BCUT2D eigenvalue weighted by molar-refractivity contribution is -0.149. The van der Waals surface area contributed by atoms with Crippen molar-refractivity contribution in [2.75, 3.05) is 18.0 Å². The van der Waals surface area contributed by atoms with Gasteiger partial charge in [-0.25, -0.2) is 4.79 Å². The highest BCUT2D eigenvalue weighted by Gasteiger charge is 2.42. The van der Waals surface area contributed by atoms with Gasteiger partial charge in [-0.2, -0.15) is 0 Å². The molecule has 2 saturated heterocycles. The number of rotatable bonds is 5. The van der Waals surface area contributed by atoms with E-state index >= 15 is 0 Å². The zero-order valence-corrected chi connectivity index (χ0v) is 14.5. The summed E-state index contributed by atoms with van der Waals surface area (Å²) in [6.45, 7) is 2.91. The number of aliphatic carboxylic acids is 1. The van der Waals surface area contributed by atoms with Gasteiger partial charge in [-0.05, 0) is 37.0 Å². The third-order valence-corrected chi connectivity index (χ3v) is 5.08. The van der Waals surface area contributed by atoms with Crippen LogP contribution in [-0.4, -0.2) is 46.9 Å². The summed E-state index contributed by atoms with van der Waals surface area (Å²) in [7, 11) is 0. The van der Waals surface area contributed by atoms with Crippen LogP contribution in [0.1, 0.15) is 38.2 Å². The first-order valence-electron chi connectivity index (χ1n) is 8.94. The highest BCUT2D eigenvalue weighted by Crippen LogP contribution is 2.29. The van der Waals surface area contributed by atoms with Gasteiger partial charge in [-0.1, -0.05) is 25.5 Å². The minimum Gasteiger partial charge on any atom is -0.480 e. The Hall–Kier alpha value is -2.37. The lowest BCUT2D eigenvalue weighted by atomic mass is 10.1. The number of carboxylic acid groups (broad SMARTS) is 1. The van der Waals surface area contributed by atoms with Crippen LogP contribution in [0.3, 0.4) is 0 Å². The Kier molecular flexibility index (Phi) is 5.06. The lowest BCUT2D eigenvalue weighted by Gasteiger charge is -2.24. The van der Waals surface area contributed by atoms with Crippen LogP contribution in [0.25, 0.3) is 0 Å². The van der Waals surface area contributed by atoms with Crippen LogP contribution in [-0.2, 0) is 20.8 Å². The fourth-order valence-electron chi connectivity index (χ4n) is 3.78. The van der Waals surface area contributed by atoms with Gasteiger partial charge in [0.15, 0.2) is 0 Å². The molecule has 0 aliphatic carbocycles. The average Bonchev–Trinajstić information content (AvgIpc) is 3.22. The first-order valence-corrected chi connectivity index (χ1v) is 8.94. The van der Waals surface area contributed by atoms with E-state index in [9.17, 15) is 19.5 Å². The molecule has 2 heterocycles. The molecule has 3 rings (SSSR count). The maximum absolute atomic E-state index is 12.7. The van der Waals surface area contributed by atoms with E-state index < -0.39 is 17.9 Å². The summed E-state index contributed by atoms with van der Waals surface area (Å²) in [5.41, 5.74) is 2.03. The monoisotopic (exact) mass is 344 g/mol. The van der Waals surface area contributed by atoms with Crippen LogP contribution in [0.2, 0.25) is 0 Å². The van der Waals surface area contributed by atoms with Gasteiger partial charge in [0.25, 0.3) is 0 Å². The van der Waals surface area contributed by atoms with Gasteiger partial charge in [-0.3, -0.25) is 9.59 Å². The van der Waals surface area contributed by atoms with Gasteiger partial charge in [0.05, 0.1) is 5.92 Å². The normalized spacial score (nSPS) is 23.3. The number of anilines is 1. The third-order valence-electron chi connectivity index (χ3n) is 5.08. The molecule has 6 nitrogen and oxygen atoms in total. The Bertz CT molecular complexity index is 671. The molecule has 1 aromatic carbocycles. The van der Waals surface area contributed by atoms with E-state index in [0.29, 0.717) is 25.9 Å². The van der Waals surface area contributed by atoms with Crippen molar-refractivity contribution in [3.63, 3.8) is 0 Å². The second kappa shape index (κ2) is 7.25. The van der Waals surface area contributed by atoms with Gasteiger partial charge in [0.2, 0.25) is 11.8 Å². The van der Waals surface area contributed by atoms with Gasteiger partial charge >= 0.3 is 5.97 Å². The minimum absolute atomic E-state index is 0.0762. The van der Waals surface area contributed by atoms with Gasteiger partial charge < -0.3 is 14.9 Å². The first-order chi connectivity index (χ1) is 12.0. The Morgan fingerprint density at radius 2 is 1.96 bits per heavy atom. The maximum atomic E-state index is 12.7. The lowest BCUT2D eigenvalue weighted by Crippen LogP contribution is -2.44. The standard InChI is InChI=1S/C19H24N2O4/c1-2-4-13-6-8-15(9-7-13)21-12-14(11-17(21)22)18(23)20-10-3-5-16(20)19(24)25/h6-9,14,16H,2-5,10-12H2,1H3,(H,24,25). The maximum Gasteiger partial charge on any atom is 0.326 e. The zero-order valence-electron chi connectivity index (χ0n) is 14.5. The number of benzene rings is 1. The van der Waals surface area contributed by atoms with Crippen molar-refractivity contribution in [2.45, 2.75) is 45.1 Å². The summed E-state index contributed by atoms with van der Waals surface area (Å²) in [6, 6.07) is 7.13. The number of likely N-dealkylation sites (tertiary alicyclic amines) is 1. The summed E-state index contributed by atoms with van der Waals surface area (Å²) in [6.07, 6.45) is 3.41. The molecule has 0 bridgehead atoms. The fourth-order valence-corrected chi connectivity index (χ4v) is 3.78. The number of amides is 2. The number of aryl methyl sites for hydroxylation is 1. The molecule has 0 aromatic heterocycles. The number of hydrogen-bond acceptors (Lipinski definition) is 3. The van der Waals surface area contributed by atoms with Crippen molar-refractivity contribution in [3.05, 3.63) is 29.8 Å². The highest BCUT2D eigenvalue weighted by molar-refractivity contribution is 6.00. The molecule has 2 aliphatic rings. The summed E-state index contributed by atoms with van der Waals surface area (Å²) in [4.78, 5) is 39.5. The van der Waals surface area contributed by atoms with Crippen molar-refractivity contribution in [2.24, 2.45) is 5.92 Å². The second-order valence-electron chi connectivity index (χ2n) is 6.85. The molecule has 2 amide bonds. The number of carboxylic acids is 1. The molecule has 2 unspecified atom stereocenters. The fraction of sp³-hybridized carbons (Fsp3) is 0.526. The van der Waals surface area contributed by atoms with Gasteiger partial charge in [0.1, 0.15) is 6.04 Å². The molecular formula is C19H24N2O4. The predicted octanol–water partition coefficient (Wildman–Crippen LogP) is 2.07. The number of carbonyl (C=O) groups is 3. The molecule has 25 heavy (non-hydrogen) atoms. The van der Waals surface area contributed by atoms with E-state index in [2.05, 4.69) is 6.92 Å². The largest absolute Gasteiger partial charge is 0.480 e. The number of carbonyl (C=O) groups excluding carboxylic acids is 2. The topological polar surface area (TPSA) is 77.9 Å². The van der Waals surface area contributed by atoms with Crippen molar-refractivity contribution in [1.82, 2.24) is 4.90 Å². The molecule has 134 valence electrons. The molecule has 2 atom stereocenters. The van der Waals surface area contributed by atoms with Crippen LogP contribution in [0.15, 0.2) is 24.3 Å². The molecule has 6 heteroatoms. The molecule has 0 radical (unpaired) electrons. The first kappa shape index (κ1) is 17.5. The van der Waals surface area contributed by atoms with E-state index in [1.165, 1.54) is 10.5 Å². The van der Waals surface area contributed by atoms with Crippen molar-refractivity contribution in [1.29, 1.82) is 0 Å².